The molecule has 24 heavy (non-hydrogen) atoms. The van der Waals surface area contributed by atoms with Gasteiger partial charge in [-0.05, 0) is 12.1 Å². The molecule has 3 aromatic rings. The highest BCUT2D eigenvalue weighted by molar-refractivity contribution is 5.74. The van der Waals surface area contributed by atoms with Crippen molar-refractivity contribution in [2.45, 2.75) is 13.1 Å². The number of benzene rings is 1. The number of nitrogens with zero attached hydrogens (tertiary/aromatic N) is 5. The van der Waals surface area contributed by atoms with E-state index in [1.807, 2.05) is 24.3 Å². The smallest absolute Gasteiger partial charge is 0.319 e. The topological polar surface area (TPSA) is 50.3 Å². The van der Waals surface area contributed by atoms with E-state index >= 15 is 0 Å². The van der Waals surface area contributed by atoms with Gasteiger partial charge in [0.25, 0.3) is 6.01 Å². The van der Waals surface area contributed by atoms with Crippen LogP contribution in [0.15, 0.2) is 41.1 Å². The molecule has 8 heteroatoms. The van der Waals surface area contributed by atoms with Gasteiger partial charge in [0.2, 0.25) is 0 Å². The summed E-state index contributed by atoms with van der Waals surface area (Å²) in [5, 5.41) is 0. The monoisotopic (exact) mass is 333 g/mol. The molecule has 0 amide bonds. The maximum Gasteiger partial charge on any atom is 0.319 e. The zero-order chi connectivity index (χ0) is 16.5. The number of rotatable bonds is 4. The molecule has 0 unspecified atom stereocenters. The van der Waals surface area contributed by atoms with Crippen LogP contribution in [0.5, 0.6) is 0 Å². The zero-order valence-corrected chi connectivity index (χ0v) is 13.0. The molecule has 4 rings (SSSR count). The molecule has 0 spiro atoms. The number of hydrogen-bond acceptors (Lipinski definition) is 5. The van der Waals surface area contributed by atoms with Gasteiger partial charge in [-0.2, -0.15) is 13.8 Å². The van der Waals surface area contributed by atoms with Crippen LogP contribution in [0.2, 0.25) is 0 Å². The zero-order valence-electron chi connectivity index (χ0n) is 13.0. The van der Waals surface area contributed by atoms with E-state index in [1.165, 1.54) is 12.4 Å². The van der Waals surface area contributed by atoms with Crippen molar-refractivity contribution < 1.29 is 13.2 Å². The van der Waals surface area contributed by atoms with Gasteiger partial charge in [-0.1, -0.05) is 12.1 Å². The van der Waals surface area contributed by atoms with Gasteiger partial charge in [-0.3, -0.25) is 9.47 Å². The second kappa shape index (κ2) is 6.20. The maximum absolute atomic E-state index is 12.9. The normalized spacial score (nSPS) is 16.4. The van der Waals surface area contributed by atoms with Crippen LogP contribution in [-0.2, 0) is 6.54 Å². The molecule has 0 aliphatic carbocycles. The lowest BCUT2D eigenvalue weighted by Crippen LogP contribution is -2.46. The van der Waals surface area contributed by atoms with Gasteiger partial charge in [-0.25, -0.2) is 4.98 Å². The lowest BCUT2D eigenvalue weighted by Gasteiger charge is -2.33. The Morgan fingerprint density at radius 2 is 1.92 bits per heavy atom. The van der Waals surface area contributed by atoms with E-state index in [2.05, 4.69) is 19.8 Å². The van der Waals surface area contributed by atoms with E-state index in [1.54, 1.807) is 0 Å². The molecule has 2 aromatic heterocycles. The minimum Gasteiger partial charge on any atom is -0.423 e. The first-order valence-electron chi connectivity index (χ1n) is 7.83. The van der Waals surface area contributed by atoms with E-state index in [0.717, 1.165) is 41.8 Å². The number of anilines is 1. The Bertz CT molecular complexity index is 790. The van der Waals surface area contributed by atoms with E-state index in [9.17, 15) is 8.78 Å². The Hall–Kier alpha value is -2.48. The van der Waals surface area contributed by atoms with Crippen molar-refractivity contribution in [3.8, 4) is 0 Å². The van der Waals surface area contributed by atoms with Gasteiger partial charge in [0, 0.05) is 38.6 Å². The molecule has 0 N–H and O–H groups in total. The lowest BCUT2D eigenvalue weighted by molar-refractivity contribution is 0.0636. The largest absolute Gasteiger partial charge is 0.423 e. The average molecular weight is 333 g/mol. The highest BCUT2D eigenvalue weighted by Gasteiger charge is 2.22. The Labute approximate surface area is 137 Å². The van der Waals surface area contributed by atoms with Crippen molar-refractivity contribution in [3.63, 3.8) is 0 Å². The first-order chi connectivity index (χ1) is 11.7. The van der Waals surface area contributed by atoms with Crippen LogP contribution >= 0.6 is 0 Å². The molecule has 0 bridgehead atoms. The summed E-state index contributed by atoms with van der Waals surface area (Å²) in [5.74, 6) is 0.389. The van der Waals surface area contributed by atoms with Crippen molar-refractivity contribution in [3.05, 3.63) is 42.5 Å². The van der Waals surface area contributed by atoms with Gasteiger partial charge in [0.15, 0.2) is 5.58 Å². The summed E-state index contributed by atoms with van der Waals surface area (Å²) in [5.41, 5.74) is 1.61. The number of oxazole rings is 1. The summed E-state index contributed by atoms with van der Waals surface area (Å²) in [6, 6.07) is 8.28. The Balaban J connectivity index is 1.40. The highest BCUT2D eigenvalue weighted by Crippen LogP contribution is 2.23. The molecule has 0 saturated carbocycles. The van der Waals surface area contributed by atoms with Gasteiger partial charge in [-0.15, -0.1) is 0 Å². The van der Waals surface area contributed by atoms with Crippen LogP contribution in [0.4, 0.5) is 14.8 Å². The summed E-state index contributed by atoms with van der Waals surface area (Å²) >= 11 is 0. The molecular weight excluding hydrogens is 316 g/mol. The molecular formula is C16H17F2N5O. The number of piperazine rings is 1. The third-order valence-corrected chi connectivity index (χ3v) is 4.25. The molecule has 3 heterocycles. The van der Waals surface area contributed by atoms with Crippen LogP contribution < -0.4 is 4.90 Å². The molecule has 1 aliphatic heterocycles. The van der Waals surface area contributed by atoms with Crippen LogP contribution in [0.25, 0.3) is 11.1 Å². The van der Waals surface area contributed by atoms with Crippen molar-refractivity contribution in [2.24, 2.45) is 0 Å². The molecule has 0 atom stereocenters. The highest BCUT2D eigenvalue weighted by atomic mass is 19.3. The van der Waals surface area contributed by atoms with Crippen LogP contribution in [0, 0.1) is 0 Å². The van der Waals surface area contributed by atoms with Crippen LogP contribution in [0.3, 0.4) is 0 Å². The van der Waals surface area contributed by atoms with E-state index in [4.69, 9.17) is 4.42 Å². The number of alkyl halides is 2. The Morgan fingerprint density at radius 1 is 1.12 bits per heavy atom. The lowest BCUT2D eigenvalue weighted by atomic mass is 10.3. The van der Waals surface area contributed by atoms with Gasteiger partial charge >= 0.3 is 6.55 Å². The minimum atomic E-state index is -2.55. The molecule has 1 aliphatic rings. The van der Waals surface area contributed by atoms with E-state index in [-0.39, 0.29) is 0 Å². The third-order valence-electron chi connectivity index (χ3n) is 4.25. The summed E-state index contributed by atoms with van der Waals surface area (Å²) in [7, 11) is 0. The Kier molecular flexibility index (Phi) is 3.89. The van der Waals surface area contributed by atoms with E-state index in [0.29, 0.717) is 18.4 Å². The number of imidazole rings is 1. The SMILES string of the molecule is FC(F)n1ccnc1CN1CCN(c2nc3ccccc3o2)CC1. The first kappa shape index (κ1) is 15.1. The Morgan fingerprint density at radius 3 is 2.67 bits per heavy atom. The van der Waals surface area contributed by atoms with Crippen molar-refractivity contribution in [2.75, 3.05) is 31.1 Å². The number of para-hydroxylation sites is 2. The predicted octanol–water partition coefficient (Wildman–Crippen LogP) is 2.74. The maximum atomic E-state index is 12.9. The second-order valence-electron chi connectivity index (χ2n) is 5.76. The van der Waals surface area contributed by atoms with Crippen molar-refractivity contribution >= 4 is 17.1 Å². The third kappa shape index (κ3) is 2.84. The minimum absolute atomic E-state index is 0.389. The fourth-order valence-corrected chi connectivity index (χ4v) is 2.94. The van der Waals surface area contributed by atoms with E-state index < -0.39 is 6.55 Å². The standard InChI is InChI=1S/C16H17F2N5O/c17-15(18)23-6-5-19-14(23)11-21-7-9-22(10-8-21)16-20-12-3-1-2-4-13(12)24-16/h1-6,15H,7-11H2. The molecule has 1 saturated heterocycles. The number of fused-ring (bicyclic) bond motifs is 1. The summed E-state index contributed by atoms with van der Waals surface area (Å²) in [6.07, 6.45) is 2.73. The van der Waals surface area contributed by atoms with Gasteiger partial charge in [0.05, 0.1) is 6.54 Å². The molecule has 126 valence electrons. The molecule has 1 fully saturated rings. The summed E-state index contributed by atoms with van der Waals surface area (Å²) < 4.78 is 32.4. The fraction of sp³-hybridized carbons (Fsp3) is 0.375. The molecule has 1 aromatic carbocycles. The number of halogens is 2. The second-order valence-corrected chi connectivity index (χ2v) is 5.76. The van der Waals surface area contributed by atoms with Crippen LogP contribution in [-0.4, -0.2) is 45.6 Å². The summed E-state index contributed by atoms with van der Waals surface area (Å²) in [4.78, 5) is 12.7. The predicted molar refractivity (Wildman–Crippen MR) is 85.0 cm³/mol. The fourth-order valence-electron chi connectivity index (χ4n) is 2.94. The first-order valence-corrected chi connectivity index (χ1v) is 7.83. The van der Waals surface area contributed by atoms with Gasteiger partial charge in [0.1, 0.15) is 11.3 Å². The number of aromatic nitrogens is 3. The van der Waals surface area contributed by atoms with Gasteiger partial charge < -0.3 is 9.32 Å². The number of hydrogen-bond donors (Lipinski definition) is 0. The average Bonchev–Trinajstić information content (AvgIpc) is 3.22. The quantitative estimate of drug-likeness (QED) is 0.735. The van der Waals surface area contributed by atoms with Crippen LogP contribution in [0.1, 0.15) is 12.4 Å². The summed E-state index contributed by atoms with van der Waals surface area (Å²) in [6.45, 7) is 0.829. The van der Waals surface area contributed by atoms with Crippen molar-refractivity contribution in [1.82, 2.24) is 19.4 Å². The molecule has 6 nitrogen and oxygen atoms in total. The van der Waals surface area contributed by atoms with Crippen molar-refractivity contribution in [1.29, 1.82) is 0 Å². The molecule has 0 radical (unpaired) electrons.